The molecule has 0 fully saturated rings. The van der Waals surface area contributed by atoms with Crippen molar-refractivity contribution >= 4 is 11.6 Å². The van der Waals surface area contributed by atoms with Crippen LogP contribution in [0.5, 0.6) is 5.75 Å². The summed E-state index contributed by atoms with van der Waals surface area (Å²) >= 11 is 6.30. The Morgan fingerprint density at radius 1 is 1.22 bits per heavy atom. The van der Waals surface area contributed by atoms with Crippen LogP contribution in [0.1, 0.15) is 37.9 Å². The summed E-state index contributed by atoms with van der Waals surface area (Å²) in [6, 6.07) is 1.14. The van der Waals surface area contributed by atoms with Crippen LogP contribution >= 0.6 is 11.6 Å². The molecular weight excluding hydrogens is 393 g/mol. The molecule has 2 aromatic heterocycles. The van der Waals surface area contributed by atoms with E-state index < -0.39 is 25.1 Å². The molecule has 0 amide bonds. The third-order valence-corrected chi connectivity index (χ3v) is 4.41. The summed E-state index contributed by atoms with van der Waals surface area (Å²) in [5.41, 5.74) is 0.692. The Labute approximate surface area is 158 Å². The lowest BCUT2D eigenvalue weighted by atomic mass is 10.0. The van der Waals surface area contributed by atoms with Crippen molar-refractivity contribution in [1.29, 1.82) is 0 Å². The first-order valence-corrected chi connectivity index (χ1v) is 8.73. The van der Waals surface area contributed by atoms with E-state index in [0.29, 0.717) is 24.4 Å². The first kappa shape index (κ1) is 21.4. The molecule has 0 N–H and O–H groups in total. The number of aromatic nitrogens is 3. The quantitative estimate of drug-likeness (QED) is 0.574. The van der Waals surface area contributed by atoms with Crippen molar-refractivity contribution < 1.29 is 26.7 Å². The van der Waals surface area contributed by atoms with Crippen LogP contribution in [0, 0.1) is 5.92 Å². The number of hydrogen-bond donors (Lipinski definition) is 0. The topological polar surface area (TPSA) is 39.9 Å². The van der Waals surface area contributed by atoms with E-state index in [4.69, 9.17) is 11.6 Å². The number of pyridine rings is 1. The van der Waals surface area contributed by atoms with Crippen LogP contribution in [0.15, 0.2) is 12.3 Å². The van der Waals surface area contributed by atoms with Gasteiger partial charge in [0.25, 0.3) is 0 Å². The first-order valence-electron chi connectivity index (χ1n) is 8.35. The minimum Gasteiger partial charge on any atom is -0.431 e. The summed E-state index contributed by atoms with van der Waals surface area (Å²) in [6.07, 6.45) is -2.64. The summed E-state index contributed by atoms with van der Waals surface area (Å²) in [4.78, 5) is 8.41. The second kappa shape index (κ2) is 8.41. The van der Waals surface area contributed by atoms with E-state index in [1.807, 2.05) is 13.8 Å². The van der Waals surface area contributed by atoms with Gasteiger partial charge < -0.3 is 4.74 Å². The monoisotopic (exact) mass is 411 g/mol. The number of halogens is 6. The van der Waals surface area contributed by atoms with Crippen LogP contribution < -0.4 is 4.74 Å². The minimum atomic E-state index is -4.40. The number of ether oxygens (including phenoxy) is 1. The van der Waals surface area contributed by atoms with Crippen molar-refractivity contribution in [3.63, 3.8) is 0 Å². The molecule has 27 heavy (non-hydrogen) atoms. The third-order valence-electron chi connectivity index (χ3n) is 4.03. The lowest BCUT2D eigenvalue weighted by molar-refractivity contribution is -0.169. The molecule has 0 aliphatic rings. The van der Waals surface area contributed by atoms with Crippen LogP contribution in [-0.4, -0.2) is 27.3 Å². The van der Waals surface area contributed by atoms with Gasteiger partial charge in [-0.15, -0.1) is 0 Å². The van der Waals surface area contributed by atoms with Crippen LogP contribution in [0.25, 0.3) is 5.82 Å². The number of hydrogen-bond acceptors (Lipinski definition) is 3. The molecule has 4 nitrogen and oxygen atoms in total. The molecule has 0 aliphatic carbocycles. The molecule has 2 aromatic rings. The Hall–Kier alpha value is -1.90. The number of alkyl halides is 5. The van der Waals surface area contributed by atoms with Crippen LogP contribution in [-0.2, 0) is 19.3 Å². The zero-order valence-electron chi connectivity index (χ0n) is 14.9. The molecular formula is C17H19ClF5N3O. The fraction of sp³-hybridized carbons (Fsp3) is 0.529. The Bertz CT molecular complexity index is 792. The average molecular weight is 412 g/mol. The molecule has 150 valence electrons. The maximum atomic E-state index is 12.9. The normalized spacial score (nSPS) is 13.3. The molecule has 0 bridgehead atoms. The highest BCUT2D eigenvalue weighted by atomic mass is 35.5. The first-order chi connectivity index (χ1) is 12.6. The number of nitrogens with zero attached hydrogens (tertiary/aromatic N) is 3. The van der Waals surface area contributed by atoms with Gasteiger partial charge in [-0.25, -0.2) is 9.97 Å². The van der Waals surface area contributed by atoms with E-state index in [0.717, 1.165) is 13.0 Å². The zero-order valence-corrected chi connectivity index (χ0v) is 15.7. The van der Waals surface area contributed by atoms with Gasteiger partial charge in [0.2, 0.25) is 0 Å². The number of rotatable bonds is 7. The minimum absolute atomic E-state index is 0.0345. The second-order valence-electron chi connectivity index (χ2n) is 6.00. The Balaban J connectivity index is 2.53. The summed E-state index contributed by atoms with van der Waals surface area (Å²) in [5.74, 6) is -1.56. The average Bonchev–Trinajstić information content (AvgIpc) is 2.89. The molecule has 0 radical (unpaired) electrons. The second-order valence-corrected chi connectivity index (χ2v) is 6.36. The standard InChI is InChI=1S/C17H19ClF5N3O/c1-4-11-14(18)26(13(5-2)25-11)15-12(27-16(19)20)7-10(8-24-15)6-9(3)17(21,22)23/h7-9,16H,4-6H2,1-3H3/t9-/m0/s1. The smallest absolute Gasteiger partial charge is 0.391 e. The lowest BCUT2D eigenvalue weighted by Gasteiger charge is -2.17. The molecule has 0 aliphatic heterocycles. The number of aryl methyl sites for hydroxylation is 2. The fourth-order valence-corrected chi connectivity index (χ4v) is 2.93. The fourth-order valence-electron chi connectivity index (χ4n) is 2.58. The van der Waals surface area contributed by atoms with Gasteiger partial charge >= 0.3 is 12.8 Å². The van der Waals surface area contributed by atoms with Crippen molar-refractivity contribution in [2.45, 2.75) is 52.8 Å². The lowest BCUT2D eigenvalue weighted by Crippen LogP contribution is -2.22. The van der Waals surface area contributed by atoms with E-state index in [9.17, 15) is 22.0 Å². The summed E-state index contributed by atoms with van der Waals surface area (Å²) in [5, 5.41) is 0.206. The largest absolute Gasteiger partial charge is 0.431 e. The third kappa shape index (κ3) is 4.88. The molecule has 2 heterocycles. The van der Waals surface area contributed by atoms with Crippen molar-refractivity contribution in [2.75, 3.05) is 0 Å². The van der Waals surface area contributed by atoms with Gasteiger partial charge in [-0.2, -0.15) is 22.0 Å². The van der Waals surface area contributed by atoms with E-state index in [1.165, 1.54) is 10.8 Å². The van der Waals surface area contributed by atoms with Gasteiger partial charge in [0, 0.05) is 12.6 Å². The van der Waals surface area contributed by atoms with Crippen molar-refractivity contribution in [3.8, 4) is 11.6 Å². The Morgan fingerprint density at radius 3 is 2.41 bits per heavy atom. The Kier molecular flexibility index (Phi) is 6.67. The summed E-state index contributed by atoms with van der Waals surface area (Å²) in [6.45, 7) is 1.49. The van der Waals surface area contributed by atoms with Crippen LogP contribution in [0.4, 0.5) is 22.0 Å². The maximum absolute atomic E-state index is 12.9. The maximum Gasteiger partial charge on any atom is 0.391 e. The molecule has 0 saturated heterocycles. The van der Waals surface area contributed by atoms with Gasteiger partial charge in [-0.05, 0) is 24.5 Å². The molecule has 10 heteroatoms. The predicted molar refractivity (Wildman–Crippen MR) is 90.7 cm³/mol. The van der Waals surface area contributed by atoms with Gasteiger partial charge in [0.05, 0.1) is 11.6 Å². The van der Waals surface area contributed by atoms with Gasteiger partial charge in [-0.3, -0.25) is 4.57 Å². The molecule has 0 saturated carbocycles. The SMILES string of the molecule is CCc1nc(CC)n(-c2ncc(C[C@H](C)C(F)(F)F)cc2OC(F)F)c1Cl. The highest BCUT2D eigenvalue weighted by molar-refractivity contribution is 6.30. The van der Waals surface area contributed by atoms with Crippen LogP contribution in [0.2, 0.25) is 5.15 Å². The van der Waals surface area contributed by atoms with Crippen LogP contribution in [0.3, 0.4) is 0 Å². The summed E-state index contributed by atoms with van der Waals surface area (Å²) in [7, 11) is 0. The van der Waals surface area contributed by atoms with Crippen molar-refractivity contribution in [2.24, 2.45) is 5.92 Å². The Morgan fingerprint density at radius 2 is 1.89 bits per heavy atom. The van der Waals surface area contributed by atoms with E-state index in [2.05, 4.69) is 14.7 Å². The molecule has 2 rings (SSSR count). The summed E-state index contributed by atoms with van der Waals surface area (Å²) < 4.78 is 70.0. The molecule has 0 aromatic carbocycles. The van der Waals surface area contributed by atoms with E-state index in [-0.39, 0.29) is 22.3 Å². The van der Waals surface area contributed by atoms with Crippen molar-refractivity contribution in [1.82, 2.24) is 14.5 Å². The molecule has 0 spiro atoms. The van der Waals surface area contributed by atoms with Crippen molar-refractivity contribution in [3.05, 3.63) is 34.5 Å². The molecule has 1 atom stereocenters. The number of imidazole rings is 1. The predicted octanol–water partition coefficient (Wildman–Crippen LogP) is 5.39. The zero-order chi connectivity index (χ0) is 20.4. The van der Waals surface area contributed by atoms with Gasteiger partial charge in [0.15, 0.2) is 11.6 Å². The van der Waals surface area contributed by atoms with E-state index >= 15 is 0 Å². The highest BCUT2D eigenvalue weighted by Crippen LogP contribution is 2.33. The van der Waals surface area contributed by atoms with E-state index in [1.54, 1.807) is 0 Å². The van der Waals surface area contributed by atoms with Gasteiger partial charge in [-0.1, -0.05) is 32.4 Å². The molecule has 0 unspecified atom stereocenters. The highest BCUT2D eigenvalue weighted by Gasteiger charge is 2.36. The van der Waals surface area contributed by atoms with Gasteiger partial charge in [0.1, 0.15) is 11.0 Å².